The number of tetrazole rings is 1. The molecule has 1 aromatic heterocycles. The van der Waals surface area contributed by atoms with Crippen LogP contribution >= 0.6 is 0 Å². The van der Waals surface area contributed by atoms with Gasteiger partial charge in [0.1, 0.15) is 0 Å². The number of aryl methyl sites for hydroxylation is 1. The van der Waals surface area contributed by atoms with Crippen LogP contribution in [0.5, 0.6) is 11.5 Å². The van der Waals surface area contributed by atoms with E-state index in [2.05, 4.69) is 15.4 Å². The van der Waals surface area contributed by atoms with Crippen LogP contribution in [0, 0.1) is 0 Å². The minimum Gasteiger partial charge on any atom is -0.493 e. The van der Waals surface area contributed by atoms with Crippen LogP contribution in [0.4, 0.5) is 0 Å². The molecule has 0 amide bonds. The van der Waals surface area contributed by atoms with Crippen LogP contribution in [0.15, 0.2) is 18.2 Å². The van der Waals surface area contributed by atoms with E-state index in [1.165, 1.54) is 4.80 Å². The zero-order valence-electron chi connectivity index (χ0n) is 11.0. The van der Waals surface area contributed by atoms with Gasteiger partial charge in [0.25, 0.3) is 0 Å². The summed E-state index contributed by atoms with van der Waals surface area (Å²) in [5.41, 5.74) is 6.22. The van der Waals surface area contributed by atoms with E-state index in [1.54, 1.807) is 26.4 Å². The standard InChI is InChI=1S/C12H17N5O2/c1-18-10-6-5-9(8-11(10)19-2)17-15-12(14-16-17)4-3-7-13/h5-6,8H,3-4,7,13H2,1-2H3. The zero-order valence-corrected chi connectivity index (χ0v) is 11.0. The van der Waals surface area contributed by atoms with Crippen LogP contribution in [-0.2, 0) is 6.42 Å². The molecule has 0 aliphatic heterocycles. The van der Waals surface area contributed by atoms with Gasteiger partial charge in [-0.25, -0.2) is 0 Å². The van der Waals surface area contributed by atoms with E-state index in [0.29, 0.717) is 23.9 Å². The van der Waals surface area contributed by atoms with Gasteiger partial charge >= 0.3 is 0 Å². The molecule has 7 nitrogen and oxygen atoms in total. The first-order valence-electron chi connectivity index (χ1n) is 6.00. The first kappa shape index (κ1) is 13.3. The third-order valence-electron chi connectivity index (χ3n) is 2.66. The van der Waals surface area contributed by atoms with E-state index < -0.39 is 0 Å². The van der Waals surface area contributed by atoms with Crippen LogP contribution in [0.1, 0.15) is 12.2 Å². The second-order valence-corrected chi connectivity index (χ2v) is 3.93. The smallest absolute Gasteiger partial charge is 0.175 e. The van der Waals surface area contributed by atoms with Gasteiger partial charge in [0, 0.05) is 12.5 Å². The molecule has 0 atom stereocenters. The fourth-order valence-corrected chi connectivity index (χ4v) is 1.66. The highest BCUT2D eigenvalue weighted by Gasteiger charge is 2.09. The normalized spacial score (nSPS) is 10.5. The van der Waals surface area contributed by atoms with Crippen molar-refractivity contribution in [1.82, 2.24) is 20.2 Å². The number of hydrogen-bond acceptors (Lipinski definition) is 6. The Hall–Kier alpha value is -2.15. The van der Waals surface area contributed by atoms with E-state index in [9.17, 15) is 0 Å². The van der Waals surface area contributed by atoms with Crippen LogP contribution in [0.25, 0.3) is 5.69 Å². The Kier molecular flexibility index (Phi) is 4.30. The molecule has 0 fully saturated rings. The van der Waals surface area contributed by atoms with Crippen molar-refractivity contribution in [2.75, 3.05) is 20.8 Å². The average Bonchev–Trinajstić information content (AvgIpc) is 2.93. The molecule has 0 bridgehead atoms. The third kappa shape index (κ3) is 3.00. The zero-order chi connectivity index (χ0) is 13.7. The highest BCUT2D eigenvalue weighted by atomic mass is 16.5. The van der Waals surface area contributed by atoms with E-state index in [-0.39, 0.29) is 0 Å². The van der Waals surface area contributed by atoms with Crippen LogP contribution < -0.4 is 15.2 Å². The SMILES string of the molecule is COc1ccc(-n2nnc(CCCN)n2)cc1OC. The van der Waals surface area contributed by atoms with Gasteiger partial charge in [-0.15, -0.1) is 15.0 Å². The lowest BCUT2D eigenvalue weighted by Crippen LogP contribution is -2.03. The second-order valence-electron chi connectivity index (χ2n) is 3.93. The molecule has 2 aromatic rings. The maximum absolute atomic E-state index is 5.45. The number of ether oxygens (including phenoxy) is 2. The highest BCUT2D eigenvalue weighted by molar-refractivity contribution is 5.47. The summed E-state index contributed by atoms with van der Waals surface area (Å²) < 4.78 is 10.4. The topological polar surface area (TPSA) is 88.1 Å². The summed E-state index contributed by atoms with van der Waals surface area (Å²) in [6, 6.07) is 5.44. The summed E-state index contributed by atoms with van der Waals surface area (Å²) in [5.74, 6) is 1.97. The van der Waals surface area contributed by atoms with Gasteiger partial charge in [0.2, 0.25) is 0 Å². The van der Waals surface area contributed by atoms with Crippen molar-refractivity contribution in [2.45, 2.75) is 12.8 Å². The van der Waals surface area contributed by atoms with Crippen molar-refractivity contribution < 1.29 is 9.47 Å². The molecular weight excluding hydrogens is 246 g/mol. The summed E-state index contributed by atoms with van der Waals surface area (Å²) in [6.07, 6.45) is 1.57. The number of methoxy groups -OCH3 is 2. The first-order chi connectivity index (χ1) is 9.28. The van der Waals surface area contributed by atoms with E-state index >= 15 is 0 Å². The quantitative estimate of drug-likeness (QED) is 0.819. The molecule has 0 radical (unpaired) electrons. The van der Waals surface area contributed by atoms with Crippen molar-refractivity contribution in [3.63, 3.8) is 0 Å². The molecule has 7 heteroatoms. The lowest BCUT2D eigenvalue weighted by atomic mass is 10.3. The van der Waals surface area contributed by atoms with Crippen LogP contribution in [-0.4, -0.2) is 41.0 Å². The molecule has 0 saturated heterocycles. The molecule has 1 heterocycles. The first-order valence-corrected chi connectivity index (χ1v) is 6.00. The Balaban J connectivity index is 2.23. The maximum Gasteiger partial charge on any atom is 0.175 e. The van der Waals surface area contributed by atoms with E-state index in [4.69, 9.17) is 15.2 Å². The maximum atomic E-state index is 5.45. The Morgan fingerprint density at radius 3 is 2.68 bits per heavy atom. The van der Waals surface area contributed by atoms with Crippen molar-refractivity contribution in [1.29, 1.82) is 0 Å². The van der Waals surface area contributed by atoms with Crippen LogP contribution in [0.2, 0.25) is 0 Å². The number of aromatic nitrogens is 4. The molecule has 102 valence electrons. The summed E-state index contributed by atoms with van der Waals surface area (Å²) >= 11 is 0. The largest absolute Gasteiger partial charge is 0.493 e. The molecule has 1 aromatic carbocycles. The van der Waals surface area contributed by atoms with Gasteiger partial charge < -0.3 is 15.2 Å². The Labute approximate surface area is 111 Å². The monoisotopic (exact) mass is 263 g/mol. The Morgan fingerprint density at radius 2 is 2.00 bits per heavy atom. The van der Waals surface area contributed by atoms with Gasteiger partial charge in [-0.05, 0) is 30.3 Å². The molecule has 19 heavy (non-hydrogen) atoms. The van der Waals surface area contributed by atoms with Crippen molar-refractivity contribution in [2.24, 2.45) is 5.73 Å². The fourth-order valence-electron chi connectivity index (χ4n) is 1.66. The summed E-state index contributed by atoms with van der Waals surface area (Å²) in [5, 5.41) is 12.3. The predicted molar refractivity (Wildman–Crippen MR) is 69.6 cm³/mol. The van der Waals surface area contributed by atoms with Crippen LogP contribution in [0.3, 0.4) is 0 Å². The van der Waals surface area contributed by atoms with Crippen molar-refractivity contribution >= 4 is 0 Å². The molecule has 2 rings (SSSR count). The predicted octanol–water partition coefficient (Wildman–Crippen LogP) is 0.571. The number of rotatable bonds is 6. The van der Waals surface area contributed by atoms with Gasteiger partial charge in [0.15, 0.2) is 17.3 Å². The highest BCUT2D eigenvalue weighted by Crippen LogP contribution is 2.28. The van der Waals surface area contributed by atoms with Crippen molar-refractivity contribution in [3.05, 3.63) is 24.0 Å². The molecule has 0 saturated carbocycles. The molecule has 0 spiro atoms. The lowest BCUT2D eigenvalue weighted by Gasteiger charge is -2.08. The number of benzene rings is 1. The fraction of sp³-hybridized carbons (Fsp3) is 0.417. The minimum atomic E-state index is 0.616. The number of nitrogens with zero attached hydrogens (tertiary/aromatic N) is 4. The minimum absolute atomic E-state index is 0.616. The van der Waals surface area contributed by atoms with E-state index in [1.807, 2.05) is 6.07 Å². The van der Waals surface area contributed by atoms with Crippen molar-refractivity contribution in [3.8, 4) is 17.2 Å². The summed E-state index contributed by atoms with van der Waals surface area (Å²) in [7, 11) is 3.18. The molecule has 0 unspecified atom stereocenters. The van der Waals surface area contributed by atoms with Gasteiger partial charge in [-0.2, -0.15) is 0 Å². The number of nitrogens with two attached hydrogens (primary N) is 1. The Bertz CT molecular complexity index is 541. The lowest BCUT2D eigenvalue weighted by molar-refractivity contribution is 0.354. The second kappa shape index (κ2) is 6.14. The summed E-state index contributed by atoms with van der Waals surface area (Å²) in [4.78, 5) is 1.47. The number of hydrogen-bond donors (Lipinski definition) is 1. The van der Waals surface area contributed by atoms with Gasteiger partial charge in [-0.1, -0.05) is 0 Å². The third-order valence-corrected chi connectivity index (χ3v) is 2.66. The molecule has 0 aliphatic rings. The Morgan fingerprint density at radius 1 is 1.21 bits per heavy atom. The summed E-state index contributed by atoms with van der Waals surface area (Å²) in [6.45, 7) is 0.616. The molecule has 0 aliphatic carbocycles. The molecule has 2 N–H and O–H groups in total. The molecular formula is C12H17N5O2. The van der Waals surface area contributed by atoms with Gasteiger partial charge in [0.05, 0.1) is 19.9 Å². The average molecular weight is 263 g/mol. The van der Waals surface area contributed by atoms with Gasteiger partial charge in [-0.3, -0.25) is 0 Å². The van der Waals surface area contributed by atoms with E-state index in [0.717, 1.165) is 18.5 Å².